The van der Waals surface area contributed by atoms with E-state index < -0.39 is 6.04 Å². The highest BCUT2D eigenvalue weighted by atomic mass is 35.5. The van der Waals surface area contributed by atoms with Crippen molar-refractivity contribution in [2.45, 2.75) is 39.3 Å². The van der Waals surface area contributed by atoms with Crippen LogP contribution in [0, 0.1) is 6.92 Å². The lowest BCUT2D eigenvalue weighted by atomic mass is 9.93. The third-order valence-corrected chi connectivity index (χ3v) is 7.70. The Morgan fingerprint density at radius 1 is 0.872 bits per heavy atom. The molecule has 1 amide bonds. The van der Waals surface area contributed by atoms with Crippen molar-refractivity contribution in [2.24, 2.45) is 0 Å². The van der Waals surface area contributed by atoms with Gasteiger partial charge in [-0.05, 0) is 65.9 Å². The van der Waals surface area contributed by atoms with Crippen molar-refractivity contribution in [3.8, 4) is 0 Å². The van der Waals surface area contributed by atoms with Gasteiger partial charge in [-0.25, -0.2) is 0 Å². The fourth-order valence-electron chi connectivity index (χ4n) is 4.65. The smallest absolute Gasteiger partial charge is 0.240 e. The van der Waals surface area contributed by atoms with Gasteiger partial charge < -0.3 is 10.2 Å². The van der Waals surface area contributed by atoms with Crippen LogP contribution in [0.4, 0.5) is 0 Å². The molecule has 0 saturated carbocycles. The number of carbonyl (C=O) groups excluding carboxylic acids is 2. The van der Waals surface area contributed by atoms with Crippen molar-refractivity contribution in [1.29, 1.82) is 0 Å². The molecule has 7 heteroatoms. The molecule has 39 heavy (non-hydrogen) atoms. The van der Waals surface area contributed by atoms with E-state index in [-0.39, 0.29) is 30.8 Å². The molecular weight excluding hydrogens is 551 g/mol. The number of piperidine rings is 1. The molecule has 1 aliphatic heterocycles. The third kappa shape index (κ3) is 7.61. The highest BCUT2D eigenvalue weighted by Crippen LogP contribution is 2.27. The number of likely N-dealkylation sites (tertiary alicyclic amines) is 1. The molecule has 0 bridgehead atoms. The molecule has 4 nitrogen and oxygen atoms in total. The predicted molar refractivity (Wildman–Crippen MR) is 162 cm³/mol. The summed E-state index contributed by atoms with van der Waals surface area (Å²) in [5.74, 6) is -0.160. The maximum absolute atomic E-state index is 14.0. The number of hydrogen-bond acceptors (Lipinski definition) is 3. The van der Waals surface area contributed by atoms with Crippen LogP contribution in [0.2, 0.25) is 15.1 Å². The van der Waals surface area contributed by atoms with Gasteiger partial charge in [0.2, 0.25) is 5.91 Å². The van der Waals surface area contributed by atoms with Gasteiger partial charge in [-0.2, -0.15) is 0 Å². The molecule has 1 N–H and O–H groups in total. The monoisotopic (exact) mass is 580 g/mol. The summed E-state index contributed by atoms with van der Waals surface area (Å²) < 4.78 is 0. The molecule has 1 atom stereocenters. The summed E-state index contributed by atoms with van der Waals surface area (Å²) in [6, 6.07) is 20.4. The van der Waals surface area contributed by atoms with Crippen molar-refractivity contribution in [3.05, 3.63) is 115 Å². The van der Waals surface area contributed by atoms with Crippen LogP contribution in [-0.2, 0) is 16.0 Å². The molecule has 0 aliphatic carbocycles. The van der Waals surface area contributed by atoms with Crippen molar-refractivity contribution in [3.63, 3.8) is 0 Å². The number of hydrogen-bond donors (Lipinski definition) is 1. The predicted octanol–water partition coefficient (Wildman–Crippen LogP) is 7.44. The normalized spacial score (nSPS) is 16.8. The van der Waals surface area contributed by atoms with E-state index in [0.717, 1.165) is 22.3 Å². The van der Waals surface area contributed by atoms with Gasteiger partial charge in [0, 0.05) is 35.3 Å². The van der Waals surface area contributed by atoms with Gasteiger partial charge in [0.05, 0.1) is 16.1 Å². The summed E-state index contributed by atoms with van der Waals surface area (Å²) in [4.78, 5) is 29.4. The Morgan fingerprint density at radius 3 is 2.03 bits per heavy atom. The summed E-state index contributed by atoms with van der Waals surface area (Å²) in [5.41, 5.74) is 4.61. The first-order chi connectivity index (χ1) is 18.6. The summed E-state index contributed by atoms with van der Waals surface area (Å²) in [5, 5.41) is 4.93. The van der Waals surface area contributed by atoms with E-state index in [1.165, 1.54) is 0 Å². The fourth-order valence-corrected chi connectivity index (χ4v) is 5.07. The fraction of sp³-hybridized carbons (Fsp3) is 0.250. The van der Waals surface area contributed by atoms with Crippen LogP contribution in [0.5, 0.6) is 0 Å². The number of benzene rings is 3. The zero-order valence-corrected chi connectivity index (χ0v) is 24.4. The van der Waals surface area contributed by atoms with Gasteiger partial charge in [0.1, 0.15) is 0 Å². The second kappa shape index (κ2) is 13.0. The Morgan fingerprint density at radius 2 is 1.46 bits per heavy atom. The molecule has 1 fully saturated rings. The highest BCUT2D eigenvalue weighted by Gasteiger charge is 2.33. The minimum absolute atomic E-state index is 0.0571. The molecule has 4 rings (SSSR count). The standard InChI is InChI=1S/C32H31Cl3N2O2/c1-20(2)36-30(17-22-7-5-4-6-8-22)32(39)37-18-25(14-23-9-11-27(33)21(3)13-23)31(38)26(19-37)15-24-10-12-28(34)29(35)16-24/h4-16,20,30,36H,17-19H2,1-3H3/b25-14+,26-15+/t30-/m0/s1. The van der Waals surface area contributed by atoms with E-state index in [4.69, 9.17) is 34.8 Å². The minimum atomic E-state index is -0.439. The van der Waals surface area contributed by atoms with Crippen molar-refractivity contribution >= 4 is 58.6 Å². The number of Topliss-reactive ketones (excluding diaryl/α,β-unsaturated/α-hetero) is 1. The largest absolute Gasteiger partial charge is 0.332 e. The Balaban J connectivity index is 1.72. The van der Waals surface area contributed by atoms with Crippen LogP contribution in [0.1, 0.15) is 36.1 Å². The van der Waals surface area contributed by atoms with E-state index in [1.54, 1.807) is 29.2 Å². The summed E-state index contributed by atoms with van der Waals surface area (Å²) in [7, 11) is 0. The lowest BCUT2D eigenvalue weighted by Crippen LogP contribution is -2.52. The van der Waals surface area contributed by atoms with Crippen molar-refractivity contribution in [2.75, 3.05) is 13.1 Å². The van der Waals surface area contributed by atoms with Crippen LogP contribution in [-0.4, -0.2) is 41.8 Å². The summed E-state index contributed by atoms with van der Waals surface area (Å²) in [6.07, 6.45) is 4.17. The Labute approximate surface area is 245 Å². The molecule has 0 radical (unpaired) electrons. The summed E-state index contributed by atoms with van der Waals surface area (Å²) in [6.45, 7) is 6.37. The first-order valence-corrected chi connectivity index (χ1v) is 14.0. The van der Waals surface area contributed by atoms with E-state index in [1.807, 2.05) is 75.4 Å². The Kier molecular flexibility index (Phi) is 9.68. The topological polar surface area (TPSA) is 49.4 Å². The van der Waals surface area contributed by atoms with Crippen molar-refractivity contribution in [1.82, 2.24) is 10.2 Å². The van der Waals surface area contributed by atoms with E-state index in [0.29, 0.717) is 32.6 Å². The quantitative estimate of drug-likeness (QED) is 0.295. The number of carbonyl (C=O) groups is 2. The molecule has 1 aliphatic rings. The number of nitrogens with one attached hydrogen (secondary N) is 1. The molecule has 0 aromatic heterocycles. The van der Waals surface area contributed by atoms with E-state index >= 15 is 0 Å². The Hall–Kier alpha value is -2.89. The van der Waals surface area contributed by atoms with Gasteiger partial charge in [-0.15, -0.1) is 0 Å². The maximum atomic E-state index is 14.0. The van der Waals surface area contributed by atoms with Gasteiger partial charge in [0.15, 0.2) is 5.78 Å². The van der Waals surface area contributed by atoms with E-state index in [2.05, 4.69) is 5.32 Å². The molecule has 1 heterocycles. The first kappa shape index (κ1) is 29.1. The van der Waals surface area contributed by atoms with Crippen LogP contribution < -0.4 is 5.32 Å². The number of amides is 1. The zero-order valence-electron chi connectivity index (χ0n) is 22.2. The highest BCUT2D eigenvalue weighted by molar-refractivity contribution is 6.42. The van der Waals surface area contributed by atoms with Crippen LogP contribution >= 0.6 is 34.8 Å². The lowest BCUT2D eigenvalue weighted by Gasteiger charge is -2.33. The molecule has 202 valence electrons. The molecule has 0 spiro atoms. The SMILES string of the molecule is Cc1cc(/C=C2\CN(C(=O)[C@H](Cc3ccccc3)NC(C)C)C/C(=C\c3ccc(Cl)c(Cl)c3)C2=O)ccc1Cl. The first-order valence-electron chi connectivity index (χ1n) is 12.9. The number of nitrogens with zero attached hydrogens (tertiary/aromatic N) is 1. The lowest BCUT2D eigenvalue weighted by molar-refractivity contribution is -0.133. The average Bonchev–Trinajstić information content (AvgIpc) is 2.90. The molecule has 3 aromatic carbocycles. The number of aryl methyl sites for hydroxylation is 1. The van der Waals surface area contributed by atoms with Crippen molar-refractivity contribution < 1.29 is 9.59 Å². The second-order valence-corrected chi connectivity index (χ2v) is 11.3. The Bertz CT molecular complexity index is 1360. The average molecular weight is 582 g/mol. The van der Waals surface area contributed by atoms with Crippen LogP contribution in [0.3, 0.4) is 0 Å². The third-order valence-electron chi connectivity index (χ3n) is 6.54. The second-order valence-electron chi connectivity index (χ2n) is 10.1. The zero-order chi connectivity index (χ0) is 28.1. The van der Waals surface area contributed by atoms with Crippen LogP contribution in [0.25, 0.3) is 12.2 Å². The van der Waals surface area contributed by atoms with Gasteiger partial charge in [-0.1, -0.05) is 97.2 Å². The molecule has 3 aromatic rings. The van der Waals surface area contributed by atoms with Gasteiger partial charge in [0.25, 0.3) is 0 Å². The summed E-state index contributed by atoms with van der Waals surface area (Å²) >= 11 is 18.6. The molecular formula is C32H31Cl3N2O2. The van der Waals surface area contributed by atoms with Crippen LogP contribution in [0.15, 0.2) is 77.9 Å². The minimum Gasteiger partial charge on any atom is -0.332 e. The van der Waals surface area contributed by atoms with Gasteiger partial charge >= 0.3 is 0 Å². The number of rotatable bonds is 7. The molecule has 0 unspecified atom stereocenters. The number of ketones is 1. The van der Waals surface area contributed by atoms with Gasteiger partial charge in [-0.3, -0.25) is 9.59 Å². The molecule has 1 saturated heterocycles. The maximum Gasteiger partial charge on any atom is 0.240 e. The van der Waals surface area contributed by atoms with E-state index in [9.17, 15) is 9.59 Å². The number of halogens is 3.